The summed E-state index contributed by atoms with van der Waals surface area (Å²) >= 11 is 0. The average molecular weight is 194 g/mol. The van der Waals surface area contributed by atoms with E-state index in [1.165, 1.54) is 7.11 Å². The van der Waals surface area contributed by atoms with Crippen molar-refractivity contribution < 1.29 is 29.9 Å². The first-order chi connectivity index (χ1) is 6.11. The SMILES string of the molecule is CO[C@H]1O[C@H](CO)[C@@H](O)[C@H](O)C1O. The molecule has 1 rings (SSSR count). The molecule has 6 nitrogen and oxygen atoms in total. The van der Waals surface area contributed by atoms with Gasteiger partial charge in [-0.15, -0.1) is 0 Å². The molecular formula is C7H14O6. The van der Waals surface area contributed by atoms with Gasteiger partial charge in [-0.25, -0.2) is 0 Å². The Morgan fingerprint density at radius 3 is 2.23 bits per heavy atom. The van der Waals surface area contributed by atoms with Gasteiger partial charge in [0.15, 0.2) is 6.29 Å². The summed E-state index contributed by atoms with van der Waals surface area (Å²) in [5.74, 6) is 0. The highest BCUT2D eigenvalue weighted by Crippen LogP contribution is 2.20. The number of ether oxygens (including phenoxy) is 2. The smallest absolute Gasteiger partial charge is 0.186 e. The summed E-state index contributed by atoms with van der Waals surface area (Å²) < 4.78 is 9.65. The fourth-order valence-electron chi connectivity index (χ4n) is 1.26. The summed E-state index contributed by atoms with van der Waals surface area (Å²) in [4.78, 5) is 0. The Labute approximate surface area is 75.3 Å². The van der Waals surface area contributed by atoms with Crippen LogP contribution in [0.3, 0.4) is 0 Å². The Hall–Kier alpha value is -0.240. The highest BCUT2D eigenvalue weighted by molar-refractivity contribution is 4.88. The van der Waals surface area contributed by atoms with Gasteiger partial charge >= 0.3 is 0 Å². The van der Waals surface area contributed by atoms with Crippen molar-refractivity contribution in [3.8, 4) is 0 Å². The van der Waals surface area contributed by atoms with Crippen LogP contribution in [-0.2, 0) is 9.47 Å². The van der Waals surface area contributed by atoms with Gasteiger partial charge in [-0.05, 0) is 0 Å². The lowest BCUT2D eigenvalue weighted by atomic mass is 9.99. The van der Waals surface area contributed by atoms with Gasteiger partial charge in [-0.3, -0.25) is 0 Å². The molecule has 5 atom stereocenters. The molecule has 0 aromatic rings. The van der Waals surface area contributed by atoms with Gasteiger partial charge in [0, 0.05) is 7.11 Å². The molecule has 4 N–H and O–H groups in total. The first-order valence-corrected chi connectivity index (χ1v) is 3.95. The second kappa shape index (κ2) is 4.32. The molecule has 1 unspecified atom stereocenters. The maximum Gasteiger partial charge on any atom is 0.186 e. The molecule has 0 amide bonds. The largest absolute Gasteiger partial charge is 0.394 e. The second-order valence-corrected chi connectivity index (χ2v) is 2.93. The molecule has 1 aliphatic heterocycles. The van der Waals surface area contributed by atoms with Crippen molar-refractivity contribution in [1.82, 2.24) is 0 Å². The van der Waals surface area contributed by atoms with E-state index in [4.69, 9.17) is 14.6 Å². The lowest BCUT2D eigenvalue weighted by Crippen LogP contribution is -2.58. The maximum absolute atomic E-state index is 9.28. The van der Waals surface area contributed by atoms with Crippen molar-refractivity contribution >= 4 is 0 Å². The van der Waals surface area contributed by atoms with Gasteiger partial charge in [-0.2, -0.15) is 0 Å². The van der Waals surface area contributed by atoms with E-state index >= 15 is 0 Å². The molecule has 0 spiro atoms. The average Bonchev–Trinajstić information content (AvgIpc) is 2.15. The van der Waals surface area contributed by atoms with Gasteiger partial charge in [0.05, 0.1) is 6.61 Å². The molecule has 0 bridgehead atoms. The second-order valence-electron chi connectivity index (χ2n) is 2.93. The summed E-state index contributed by atoms with van der Waals surface area (Å²) in [6, 6.07) is 0. The molecule has 1 aliphatic rings. The number of aliphatic hydroxyl groups is 4. The summed E-state index contributed by atoms with van der Waals surface area (Å²) in [7, 11) is 1.30. The van der Waals surface area contributed by atoms with Crippen LogP contribution in [0.15, 0.2) is 0 Å². The maximum atomic E-state index is 9.28. The molecule has 0 aromatic carbocycles. The predicted molar refractivity (Wildman–Crippen MR) is 40.8 cm³/mol. The summed E-state index contributed by atoms with van der Waals surface area (Å²) in [5, 5.41) is 36.6. The quantitative estimate of drug-likeness (QED) is 0.386. The molecule has 78 valence electrons. The van der Waals surface area contributed by atoms with E-state index in [2.05, 4.69) is 0 Å². The van der Waals surface area contributed by atoms with E-state index in [0.29, 0.717) is 0 Å². The third-order valence-corrected chi connectivity index (χ3v) is 2.08. The number of aliphatic hydroxyl groups excluding tert-OH is 4. The van der Waals surface area contributed by atoms with Crippen molar-refractivity contribution in [2.45, 2.75) is 30.7 Å². The molecule has 0 aliphatic carbocycles. The molecule has 13 heavy (non-hydrogen) atoms. The third-order valence-electron chi connectivity index (χ3n) is 2.08. The van der Waals surface area contributed by atoms with E-state index < -0.39 is 37.3 Å². The fraction of sp³-hybridized carbons (Fsp3) is 1.00. The molecule has 6 heteroatoms. The monoisotopic (exact) mass is 194 g/mol. The van der Waals surface area contributed by atoms with Gasteiger partial charge in [0.25, 0.3) is 0 Å². The first kappa shape index (κ1) is 10.8. The highest BCUT2D eigenvalue weighted by Gasteiger charge is 2.43. The van der Waals surface area contributed by atoms with Gasteiger partial charge < -0.3 is 29.9 Å². The van der Waals surface area contributed by atoms with Crippen LogP contribution in [-0.4, -0.2) is 64.8 Å². The first-order valence-electron chi connectivity index (χ1n) is 3.95. The van der Waals surface area contributed by atoms with Gasteiger partial charge in [0.1, 0.15) is 24.4 Å². The number of hydrogen-bond donors (Lipinski definition) is 4. The van der Waals surface area contributed by atoms with E-state index in [1.807, 2.05) is 0 Å². The van der Waals surface area contributed by atoms with Crippen LogP contribution in [0, 0.1) is 0 Å². The van der Waals surface area contributed by atoms with Crippen molar-refractivity contribution in [2.75, 3.05) is 13.7 Å². The van der Waals surface area contributed by atoms with E-state index in [0.717, 1.165) is 0 Å². The lowest BCUT2D eigenvalue weighted by molar-refractivity contribution is -0.294. The molecule has 0 radical (unpaired) electrons. The minimum Gasteiger partial charge on any atom is -0.394 e. The van der Waals surface area contributed by atoms with Crippen LogP contribution >= 0.6 is 0 Å². The van der Waals surface area contributed by atoms with Crippen LogP contribution < -0.4 is 0 Å². The Morgan fingerprint density at radius 2 is 1.77 bits per heavy atom. The zero-order chi connectivity index (χ0) is 10.0. The third kappa shape index (κ3) is 1.98. The molecule has 1 fully saturated rings. The Kier molecular flexibility index (Phi) is 3.60. The van der Waals surface area contributed by atoms with Crippen LogP contribution in [0.4, 0.5) is 0 Å². The van der Waals surface area contributed by atoms with E-state index in [1.54, 1.807) is 0 Å². The Bertz CT molecular complexity index is 143. The lowest BCUT2D eigenvalue weighted by Gasteiger charge is -2.38. The zero-order valence-corrected chi connectivity index (χ0v) is 7.20. The van der Waals surface area contributed by atoms with E-state index in [-0.39, 0.29) is 0 Å². The molecule has 1 saturated heterocycles. The summed E-state index contributed by atoms with van der Waals surface area (Å²) in [6.45, 7) is -0.440. The molecule has 0 saturated carbocycles. The van der Waals surface area contributed by atoms with Gasteiger partial charge in [-0.1, -0.05) is 0 Å². The number of hydrogen-bond acceptors (Lipinski definition) is 6. The standard InChI is InChI=1S/C7H14O6/c1-12-7-6(11)5(10)4(9)3(2-8)13-7/h3-11H,2H2,1H3/t3-,4-,5+,6?,7+/m1/s1. The van der Waals surface area contributed by atoms with Gasteiger partial charge in [0.2, 0.25) is 0 Å². The van der Waals surface area contributed by atoms with Crippen LogP contribution in [0.1, 0.15) is 0 Å². The van der Waals surface area contributed by atoms with Crippen LogP contribution in [0.25, 0.3) is 0 Å². The molecular weight excluding hydrogens is 180 g/mol. The predicted octanol–water partition coefficient (Wildman–Crippen LogP) is -2.57. The van der Waals surface area contributed by atoms with Crippen LogP contribution in [0.5, 0.6) is 0 Å². The minimum absolute atomic E-state index is 0.440. The number of methoxy groups -OCH3 is 1. The Balaban J connectivity index is 2.66. The van der Waals surface area contributed by atoms with E-state index in [9.17, 15) is 15.3 Å². The van der Waals surface area contributed by atoms with Crippen molar-refractivity contribution in [3.05, 3.63) is 0 Å². The van der Waals surface area contributed by atoms with Crippen molar-refractivity contribution in [1.29, 1.82) is 0 Å². The molecule has 0 aromatic heterocycles. The molecule has 1 heterocycles. The zero-order valence-electron chi connectivity index (χ0n) is 7.20. The van der Waals surface area contributed by atoms with Crippen LogP contribution in [0.2, 0.25) is 0 Å². The Morgan fingerprint density at radius 1 is 1.15 bits per heavy atom. The summed E-state index contributed by atoms with van der Waals surface area (Å²) in [6.07, 6.45) is -5.91. The number of rotatable bonds is 2. The fourth-order valence-corrected chi connectivity index (χ4v) is 1.26. The summed E-state index contributed by atoms with van der Waals surface area (Å²) in [5.41, 5.74) is 0. The van der Waals surface area contributed by atoms with Crippen molar-refractivity contribution in [2.24, 2.45) is 0 Å². The normalized spacial score (nSPS) is 46.4. The minimum atomic E-state index is -1.36. The van der Waals surface area contributed by atoms with Crippen molar-refractivity contribution in [3.63, 3.8) is 0 Å². The topological polar surface area (TPSA) is 99.4 Å². The highest BCUT2D eigenvalue weighted by atomic mass is 16.7.